The van der Waals surface area contributed by atoms with Gasteiger partial charge in [-0.2, -0.15) is 0 Å². The second-order valence-electron chi connectivity index (χ2n) is 9.74. The van der Waals surface area contributed by atoms with Crippen LogP contribution in [0.4, 0.5) is 8.78 Å². The minimum atomic E-state index is -1.43. The van der Waals surface area contributed by atoms with Crippen LogP contribution in [0, 0.1) is 11.6 Å². The van der Waals surface area contributed by atoms with Crippen molar-refractivity contribution in [1.29, 1.82) is 0 Å². The Morgan fingerprint density at radius 1 is 0.722 bits per heavy atom. The van der Waals surface area contributed by atoms with E-state index in [2.05, 4.69) is 13.8 Å². The lowest BCUT2D eigenvalue weighted by Crippen LogP contribution is -2.23. The maximum atomic E-state index is 15.1. The third-order valence-electron chi connectivity index (χ3n) is 6.73. The standard InChI is InChI=1S/C31H44F2O3/c1-3-5-7-9-11-12-13-15-17-24-18-20-26(30(33)29(24)32)28-23-25(19-21-27(28)31(34)35)36-22-16-14-10-8-6-4-2/h18-21,23H,3-17,22H2,1-2H3,(H,34,35)/p-1. The van der Waals surface area contributed by atoms with Crippen molar-refractivity contribution < 1.29 is 23.4 Å². The molecule has 200 valence electrons. The molecule has 0 N–H and O–H groups in total. The van der Waals surface area contributed by atoms with E-state index in [1.165, 1.54) is 75.6 Å². The van der Waals surface area contributed by atoms with Crippen molar-refractivity contribution >= 4 is 5.97 Å². The topological polar surface area (TPSA) is 49.4 Å². The first-order valence-electron chi connectivity index (χ1n) is 13.9. The van der Waals surface area contributed by atoms with Crippen LogP contribution >= 0.6 is 0 Å². The number of hydrogen-bond donors (Lipinski definition) is 0. The van der Waals surface area contributed by atoms with E-state index in [1.54, 1.807) is 6.07 Å². The molecule has 0 heterocycles. The number of hydrogen-bond acceptors (Lipinski definition) is 3. The van der Waals surface area contributed by atoms with Crippen LogP contribution in [0.25, 0.3) is 11.1 Å². The van der Waals surface area contributed by atoms with Crippen molar-refractivity contribution in [2.24, 2.45) is 0 Å². The average molecular weight is 502 g/mol. The molecule has 2 aromatic carbocycles. The van der Waals surface area contributed by atoms with Crippen molar-refractivity contribution in [2.75, 3.05) is 6.61 Å². The predicted molar refractivity (Wildman–Crippen MR) is 141 cm³/mol. The van der Waals surface area contributed by atoms with Crippen molar-refractivity contribution in [3.8, 4) is 16.9 Å². The molecule has 36 heavy (non-hydrogen) atoms. The smallest absolute Gasteiger partial charge is 0.166 e. The first kappa shape index (κ1) is 29.8. The van der Waals surface area contributed by atoms with Crippen molar-refractivity contribution in [3.63, 3.8) is 0 Å². The van der Waals surface area contributed by atoms with Crippen LogP contribution in [0.3, 0.4) is 0 Å². The molecule has 0 aliphatic heterocycles. The summed E-state index contributed by atoms with van der Waals surface area (Å²) in [5.74, 6) is -2.93. The molecule has 0 saturated heterocycles. The molecule has 0 aromatic heterocycles. The van der Waals surface area contributed by atoms with E-state index in [0.29, 0.717) is 24.3 Å². The highest BCUT2D eigenvalue weighted by Gasteiger charge is 2.18. The zero-order chi connectivity index (χ0) is 26.2. The molecular formula is C31H43F2O3-. The number of carboxylic acid groups (broad SMARTS) is 1. The third kappa shape index (κ3) is 9.91. The van der Waals surface area contributed by atoms with Crippen LogP contribution in [0.5, 0.6) is 5.75 Å². The van der Waals surface area contributed by atoms with E-state index in [0.717, 1.165) is 38.5 Å². The fourth-order valence-corrected chi connectivity index (χ4v) is 4.53. The van der Waals surface area contributed by atoms with Crippen LogP contribution in [0.1, 0.15) is 120 Å². The molecule has 0 atom stereocenters. The van der Waals surface area contributed by atoms with E-state index in [4.69, 9.17) is 4.74 Å². The number of ether oxygens (including phenoxy) is 1. The normalized spacial score (nSPS) is 11.1. The number of aromatic carboxylic acids is 1. The summed E-state index contributed by atoms with van der Waals surface area (Å²) in [5, 5.41) is 11.7. The van der Waals surface area contributed by atoms with E-state index in [1.807, 2.05) is 0 Å². The van der Waals surface area contributed by atoms with E-state index >= 15 is 4.39 Å². The zero-order valence-electron chi connectivity index (χ0n) is 22.2. The number of carboxylic acids is 1. The molecule has 0 aliphatic rings. The molecule has 0 bridgehead atoms. The summed E-state index contributed by atoms with van der Waals surface area (Å²) >= 11 is 0. The van der Waals surface area contributed by atoms with Crippen LogP contribution in [-0.4, -0.2) is 12.6 Å². The third-order valence-corrected chi connectivity index (χ3v) is 6.73. The molecule has 0 aliphatic carbocycles. The van der Waals surface area contributed by atoms with Gasteiger partial charge in [0.2, 0.25) is 0 Å². The summed E-state index contributed by atoms with van der Waals surface area (Å²) < 4.78 is 35.8. The maximum Gasteiger partial charge on any atom is 0.166 e. The van der Waals surface area contributed by atoms with Crippen molar-refractivity contribution in [3.05, 3.63) is 53.1 Å². The van der Waals surface area contributed by atoms with Gasteiger partial charge >= 0.3 is 0 Å². The largest absolute Gasteiger partial charge is 0.545 e. The molecule has 0 saturated carbocycles. The first-order chi connectivity index (χ1) is 17.5. The molecule has 0 spiro atoms. The van der Waals surface area contributed by atoms with Gasteiger partial charge in [-0.1, -0.05) is 103 Å². The SMILES string of the molecule is CCCCCCCCCCc1ccc(-c2cc(OCCCCCCCC)ccc2C(=O)[O-])c(F)c1F. The van der Waals surface area contributed by atoms with Gasteiger partial charge in [0.1, 0.15) is 5.75 Å². The monoisotopic (exact) mass is 501 g/mol. The molecule has 0 fully saturated rings. The highest BCUT2D eigenvalue weighted by molar-refractivity contribution is 5.95. The predicted octanol–water partition coefficient (Wildman–Crippen LogP) is 8.42. The Kier molecular flexibility index (Phi) is 14.2. The van der Waals surface area contributed by atoms with Crippen LogP contribution in [0.15, 0.2) is 30.3 Å². The van der Waals surface area contributed by atoms with Crippen LogP contribution in [0.2, 0.25) is 0 Å². The molecular weight excluding hydrogens is 458 g/mol. The second-order valence-corrected chi connectivity index (χ2v) is 9.74. The van der Waals surface area contributed by atoms with Gasteiger partial charge in [0, 0.05) is 11.1 Å². The van der Waals surface area contributed by atoms with Gasteiger partial charge in [-0.05, 0) is 48.6 Å². The van der Waals surface area contributed by atoms with Gasteiger partial charge in [0.25, 0.3) is 0 Å². The lowest BCUT2D eigenvalue weighted by molar-refractivity contribution is -0.254. The minimum Gasteiger partial charge on any atom is -0.545 e. The summed E-state index contributed by atoms with van der Waals surface area (Å²) in [4.78, 5) is 11.7. The summed E-state index contributed by atoms with van der Waals surface area (Å²) in [6.45, 7) is 4.86. The van der Waals surface area contributed by atoms with E-state index < -0.39 is 17.6 Å². The van der Waals surface area contributed by atoms with Gasteiger partial charge in [-0.15, -0.1) is 0 Å². The maximum absolute atomic E-state index is 15.1. The molecule has 0 radical (unpaired) electrons. The van der Waals surface area contributed by atoms with Gasteiger partial charge in [-0.25, -0.2) is 8.78 Å². The van der Waals surface area contributed by atoms with Crippen molar-refractivity contribution in [2.45, 2.75) is 110 Å². The Bertz CT molecular complexity index is 926. The Balaban J connectivity index is 2.01. The lowest BCUT2D eigenvalue weighted by atomic mass is 9.96. The van der Waals surface area contributed by atoms with E-state index in [-0.39, 0.29) is 16.7 Å². The summed E-state index contributed by atoms with van der Waals surface area (Å²) in [6, 6.07) is 7.39. The second kappa shape index (κ2) is 17.1. The summed E-state index contributed by atoms with van der Waals surface area (Å²) in [7, 11) is 0. The number of unbranched alkanes of at least 4 members (excludes halogenated alkanes) is 12. The highest BCUT2D eigenvalue weighted by Crippen LogP contribution is 2.32. The molecule has 0 unspecified atom stereocenters. The molecule has 2 rings (SSSR count). The zero-order valence-corrected chi connectivity index (χ0v) is 22.2. The number of benzene rings is 2. The fourth-order valence-electron chi connectivity index (χ4n) is 4.53. The molecule has 5 heteroatoms. The number of halogens is 2. The van der Waals surface area contributed by atoms with Gasteiger partial charge in [0.15, 0.2) is 11.6 Å². The Labute approximate surface area is 216 Å². The van der Waals surface area contributed by atoms with Gasteiger partial charge in [-0.3, -0.25) is 0 Å². The lowest BCUT2D eigenvalue weighted by Gasteiger charge is -2.15. The summed E-state index contributed by atoms with van der Waals surface area (Å²) in [6.07, 6.45) is 16.3. The van der Waals surface area contributed by atoms with Crippen LogP contribution in [-0.2, 0) is 6.42 Å². The molecule has 3 nitrogen and oxygen atoms in total. The quantitative estimate of drug-likeness (QED) is 0.182. The minimum absolute atomic E-state index is 0.0745. The number of carbonyl (C=O) groups excluding carboxylic acids is 1. The summed E-state index contributed by atoms with van der Waals surface area (Å²) in [5.41, 5.74) is 0.130. The Hall–Kier alpha value is -2.43. The first-order valence-corrected chi connectivity index (χ1v) is 13.9. The number of aryl methyl sites for hydroxylation is 1. The highest BCUT2D eigenvalue weighted by atomic mass is 19.2. The van der Waals surface area contributed by atoms with Gasteiger partial charge < -0.3 is 14.6 Å². The Morgan fingerprint density at radius 2 is 1.31 bits per heavy atom. The van der Waals surface area contributed by atoms with Crippen molar-refractivity contribution in [1.82, 2.24) is 0 Å². The number of rotatable bonds is 19. The molecule has 0 amide bonds. The number of carbonyl (C=O) groups is 1. The molecule has 2 aromatic rings. The fraction of sp³-hybridized carbons (Fsp3) is 0.581. The van der Waals surface area contributed by atoms with Crippen LogP contribution < -0.4 is 9.84 Å². The van der Waals surface area contributed by atoms with E-state index in [9.17, 15) is 14.3 Å². The van der Waals surface area contributed by atoms with Gasteiger partial charge in [0.05, 0.1) is 12.6 Å². The Morgan fingerprint density at radius 3 is 1.92 bits per heavy atom. The average Bonchev–Trinajstić information content (AvgIpc) is 2.87.